The van der Waals surface area contributed by atoms with Crippen LogP contribution in [-0.4, -0.2) is 0 Å². The van der Waals surface area contributed by atoms with E-state index in [0.29, 0.717) is 5.41 Å². The molecule has 0 spiro atoms. The molecule has 0 aromatic heterocycles. The van der Waals surface area contributed by atoms with E-state index in [4.69, 9.17) is 0 Å². The van der Waals surface area contributed by atoms with Crippen molar-refractivity contribution in [2.24, 2.45) is 23.2 Å². The minimum atomic E-state index is 0.653. The summed E-state index contributed by atoms with van der Waals surface area (Å²) in [7, 11) is 0. The van der Waals surface area contributed by atoms with Gasteiger partial charge in [-0.2, -0.15) is 0 Å². The minimum absolute atomic E-state index is 0.653. The average Bonchev–Trinajstić information content (AvgIpc) is 2.53. The second-order valence-corrected chi connectivity index (χ2v) is 6.92. The fourth-order valence-electron chi connectivity index (χ4n) is 4.48. The van der Waals surface area contributed by atoms with Crippen LogP contribution < -0.4 is 0 Å². The molecule has 3 atom stereocenters. The molecule has 0 heteroatoms. The molecule has 2 rings (SSSR count). The van der Waals surface area contributed by atoms with Crippen molar-refractivity contribution in [3.8, 4) is 0 Å². The summed E-state index contributed by atoms with van der Waals surface area (Å²) in [6.45, 7) is 7.45. The van der Waals surface area contributed by atoms with E-state index < -0.39 is 0 Å². The smallest absolute Gasteiger partial charge is 0.0241 e. The van der Waals surface area contributed by atoms with Gasteiger partial charge in [-0.3, -0.25) is 0 Å². The normalized spacial score (nSPS) is 39.3. The van der Waals surface area contributed by atoms with Crippen LogP contribution in [0.1, 0.15) is 72.1 Å². The summed E-state index contributed by atoms with van der Waals surface area (Å²) in [5.74, 6) is 2.78. The molecule has 0 aromatic carbocycles. The van der Waals surface area contributed by atoms with Crippen molar-refractivity contribution in [2.75, 3.05) is 0 Å². The Morgan fingerprint density at radius 2 is 1.94 bits per heavy atom. The van der Waals surface area contributed by atoms with Crippen molar-refractivity contribution in [3.05, 3.63) is 12.2 Å². The van der Waals surface area contributed by atoms with Gasteiger partial charge in [-0.05, 0) is 55.3 Å². The van der Waals surface area contributed by atoms with Gasteiger partial charge in [-0.25, -0.2) is 0 Å². The van der Waals surface area contributed by atoms with Crippen LogP contribution in [0.4, 0.5) is 0 Å². The Balaban J connectivity index is 2.20. The Bertz CT molecular complexity index is 263. The van der Waals surface area contributed by atoms with E-state index in [1.165, 1.54) is 51.4 Å². The summed E-state index contributed by atoms with van der Waals surface area (Å²) < 4.78 is 0. The Kier molecular flexibility index (Phi) is 4.33. The standard InChI is InChI=1S/C17H30/c1-14(2)17(16-10-5-4-6-11-16)12-8-7-9-15(3)13-17/h4-5,14-16H,6-13H2,1-3H3. The van der Waals surface area contributed by atoms with Gasteiger partial charge >= 0.3 is 0 Å². The van der Waals surface area contributed by atoms with Crippen molar-refractivity contribution in [1.82, 2.24) is 0 Å². The molecule has 3 unspecified atom stereocenters. The fourth-order valence-corrected chi connectivity index (χ4v) is 4.48. The van der Waals surface area contributed by atoms with Gasteiger partial charge in [0, 0.05) is 0 Å². The molecular weight excluding hydrogens is 204 g/mol. The molecule has 0 bridgehead atoms. The maximum atomic E-state index is 2.49. The first kappa shape index (κ1) is 13.2. The first-order valence-corrected chi connectivity index (χ1v) is 7.80. The summed E-state index contributed by atoms with van der Waals surface area (Å²) in [4.78, 5) is 0. The van der Waals surface area contributed by atoms with Gasteiger partial charge in [0.05, 0.1) is 0 Å². The van der Waals surface area contributed by atoms with Crippen molar-refractivity contribution in [2.45, 2.75) is 72.1 Å². The monoisotopic (exact) mass is 234 g/mol. The molecule has 0 N–H and O–H groups in total. The summed E-state index contributed by atoms with van der Waals surface area (Å²) in [5.41, 5.74) is 0.653. The van der Waals surface area contributed by atoms with Crippen molar-refractivity contribution in [1.29, 1.82) is 0 Å². The third-order valence-corrected chi connectivity index (χ3v) is 5.55. The summed E-state index contributed by atoms with van der Waals surface area (Å²) >= 11 is 0. The van der Waals surface area contributed by atoms with E-state index >= 15 is 0 Å². The molecule has 2 aliphatic carbocycles. The summed E-state index contributed by atoms with van der Waals surface area (Å²) in [5, 5.41) is 0. The minimum Gasteiger partial charge on any atom is -0.0885 e. The van der Waals surface area contributed by atoms with E-state index in [1.807, 2.05) is 0 Å². The highest BCUT2D eigenvalue weighted by Gasteiger charge is 2.42. The lowest BCUT2D eigenvalue weighted by Gasteiger charge is -2.46. The van der Waals surface area contributed by atoms with Gasteiger partial charge in [-0.1, -0.05) is 52.2 Å². The lowest BCUT2D eigenvalue weighted by atomic mass is 9.59. The molecular formula is C17H30. The number of allylic oxidation sites excluding steroid dienone is 2. The number of rotatable bonds is 2. The Morgan fingerprint density at radius 1 is 1.12 bits per heavy atom. The van der Waals surface area contributed by atoms with E-state index in [-0.39, 0.29) is 0 Å². The lowest BCUT2D eigenvalue weighted by molar-refractivity contribution is 0.0480. The first-order chi connectivity index (χ1) is 8.15. The van der Waals surface area contributed by atoms with Crippen LogP contribution in [0.25, 0.3) is 0 Å². The molecule has 0 aliphatic heterocycles. The van der Waals surface area contributed by atoms with Crippen LogP contribution in [0.3, 0.4) is 0 Å². The molecule has 1 saturated carbocycles. The Morgan fingerprint density at radius 3 is 2.59 bits per heavy atom. The van der Waals surface area contributed by atoms with Gasteiger partial charge in [0.2, 0.25) is 0 Å². The molecule has 0 aromatic rings. The molecule has 0 heterocycles. The second kappa shape index (κ2) is 5.59. The van der Waals surface area contributed by atoms with Crippen LogP contribution >= 0.6 is 0 Å². The average molecular weight is 234 g/mol. The predicted octanol–water partition coefficient (Wildman–Crippen LogP) is 5.59. The van der Waals surface area contributed by atoms with Crippen LogP contribution in [0.15, 0.2) is 12.2 Å². The number of hydrogen-bond donors (Lipinski definition) is 0. The zero-order chi connectivity index (χ0) is 12.3. The van der Waals surface area contributed by atoms with E-state index in [0.717, 1.165) is 17.8 Å². The summed E-state index contributed by atoms with van der Waals surface area (Å²) in [6.07, 6.45) is 16.4. The largest absolute Gasteiger partial charge is 0.0885 e. The van der Waals surface area contributed by atoms with Crippen LogP contribution in [0.2, 0.25) is 0 Å². The van der Waals surface area contributed by atoms with E-state index in [2.05, 4.69) is 32.9 Å². The molecule has 0 nitrogen and oxygen atoms in total. The van der Waals surface area contributed by atoms with E-state index in [1.54, 1.807) is 0 Å². The van der Waals surface area contributed by atoms with Gasteiger partial charge in [0.15, 0.2) is 0 Å². The van der Waals surface area contributed by atoms with Crippen molar-refractivity contribution in [3.63, 3.8) is 0 Å². The van der Waals surface area contributed by atoms with Gasteiger partial charge in [0.1, 0.15) is 0 Å². The first-order valence-electron chi connectivity index (χ1n) is 7.80. The zero-order valence-electron chi connectivity index (χ0n) is 12.0. The molecule has 17 heavy (non-hydrogen) atoms. The lowest BCUT2D eigenvalue weighted by Crippen LogP contribution is -2.37. The Hall–Kier alpha value is -0.260. The van der Waals surface area contributed by atoms with Gasteiger partial charge in [0.25, 0.3) is 0 Å². The predicted molar refractivity (Wildman–Crippen MR) is 76.0 cm³/mol. The fraction of sp³-hybridized carbons (Fsp3) is 0.882. The maximum absolute atomic E-state index is 2.49. The Labute approximate surface area is 108 Å². The highest BCUT2D eigenvalue weighted by atomic mass is 14.5. The van der Waals surface area contributed by atoms with Gasteiger partial charge in [-0.15, -0.1) is 0 Å². The third kappa shape index (κ3) is 2.77. The van der Waals surface area contributed by atoms with Gasteiger partial charge < -0.3 is 0 Å². The molecule has 1 fully saturated rings. The van der Waals surface area contributed by atoms with E-state index in [9.17, 15) is 0 Å². The maximum Gasteiger partial charge on any atom is -0.0241 e. The SMILES string of the molecule is CC1CCCCC(C(C)C)(C2CC=CCC2)C1. The third-order valence-electron chi connectivity index (χ3n) is 5.55. The highest BCUT2D eigenvalue weighted by Crippen LogP contribution is 2.52. The molecule has 0 saturated heterocycles. The number of hydrogen-bond acceptors (Lipinski definition) is 0. The van der Waals surface area contributed by atoms with Crippen LogP contribution in [0, 0.1) is 23.2 Å². The zero-order valence-corrected chi connectivity index (χ0v) is 12.0. The van der Waals surface area contributed by atoms with Crippen LogP contribution in [0.5, 0.6) is 0 Å². The molecule has 98 valence electrons. The highest BCUT2D eigenvalue weighted by molar-refractivity contribution is 4.99. The van der Waals surface area contributed by atoms with Crippen LogP contribution in [-0.2, 0) is 0 Å². The molecule has 0 radical (unpaired) electrons. The quantitative estimate of drug-likeness (QED) is 0.432. The van der Waals surface area contributed by atoms with Crippen molar-refractivity contribution < 1.29 is 0 Å². The molecule has 2 aliphatic rings. The summed E-state index contributed by atoms with van der Waals surface area (Å²) in [6, 6.07) is 0. The molecule has 0 amide bonds. The second-order valence-electron chi connectivity index (χ2n) is 6.92. The topological polar surface area (TPSA) is 0 Å². The van der Waals surface area contributed by atoms with Crippen molar-refractivity contribution >= 4 is 0 Å².